The van der Waals surface area contributed by atoms with Crippen molar-refractivity contribution in [1.82, 2.24) is 5.16 Å². The summed E-state index contributed by atoms with van der Waals surface area (Å²) >= 11 is 0. The molecule has 0 aromatic carbocycles. The Morgan fingerprint density at radius 1 is 1.88 bits per heavy atom. The Hall–Kier alpha value is -0.790. The summed E-state index contributed by atoms with van der Waals surface area (Å²) in [6.07, 6.45) is 1.58. The second-order valence-electron chi connectivity index (χ2n) is 1.70. The molecule has 0 aliphatic heterocycles. The van der Waals surface area contributed by atoms with Crippen LogP contribution < -0.4 is 0 Å². The van der Waals surface area contributed by atoms with Gasteiger partial charge in [0.2, 0.25) is 0 Å². The smallest absolute Gasteiger partial charge is 0.139 e. The average molecular weight is 109 g/mol. The average Bonchev–Trinajstić information content (AvgIpc) is 2.12. The molecular formula is C6H7NO. The zero-order valence-electron chi connectivity index (χ0n) is 4.66. The lowest BCUT2D eigenvalue weighted by atomic mass is 10.2. The van der Waals surface area contributed by atoms with Crippen LogP contribution in [-0.2, 0) is 0 Å². The van der Waals surface area contributed by atoms with Gasteiger partial charge in [0.1, 0.15) is 5.76 Å². The lowest BCUT2D eigenvalue weighted by Crippen LogP contribution is -1.80. The van der Waals surface area contributed by atoms with Crippen LogP contribution in [0.25, 0.3) is 0 Å². The molecule has 0 saturated carbocycles. The Morgan fingerprint density at radius 2 is 2.62 bits per heavy atom. The highest BCUT2D eigenvalue weighted by molar-refractivity contribution is 5.00. The topological polar surface area (TPSA) is 26.0 Å². The van der Waals surface area contributed by atoms with Crippen LogP contribution in [0.5, 0.6) is 0 Å². The lowest BCUT2D eigenvalue weighted by molar-refractivity contribution is 0.377. The fourth-order valence-electron chi connectivity index (χ4n) is 0.461. The van der Waals surface area contributed by atoms with Crippen molar-refractivity contribution < 1.29 is 4.52 Å². The van der Waals surface area contributed by atoms with Crippen LogP contribution in [0.1, 0.15) is 18.6 Å². The quantitative estimate of drug-likeness (QED) is 0.546. The van der Waals surface area contributed by atoms with Crippen molar-refractivity contribution >= 4 is 0 Å². The molecule has 1 atom stereocenters. The Labute approximate surface area is 48.5 Å². The van der Waals surface area contributed by atoms with Crippen LogP contribution in [-0.4, -0.2) is 5.16 Å². The second kappa shape index (κ2) is 1.99. The standard InChI is InChI=1S/C6H7NO/c1-5(2)6-3-4-7-8-6/h1,3-5H,2H3. The third kappa shape index (κ3) is 0.886. The molecular weight excluding hydrogens is 102 g/mol. The molecule has 0 aliphatic carbocycles. The van der Waals surface area contributed by atoms with Gasteiger partial charge in [-0.3, -0.25) is 0 Å². The summed E-state index contributed by atoms with van der Waals surface area (Å²) in [5, 5.41) is 3.49. The van der Waals surface area contributed by atoms with Gasteiger partial charge in [0.05, 0.1) is 6.20 Å². The second-order valence-corrected chi connectivity index (χ2v) is 1.70. The molecule has 1 aromatic heterocycles. The van der Waals surface area contributed by atoms with Crippen LogP contribution >= 0.6 is 0 Å². The predicted molar refractivity (Wildman–Crippen MR) is 29.2 cm³/mol. The molecule has 2 radical (unpaired) electrons. The Balaban J connectivity index is 2.77. The highest BCUT2D eigenvalue weighted by Crippen LogP contribution is 2.10. The van der Waals surface area contributed by atoms with Crippen LogP contribution in [0.2, 0.25) is 0 Å². The van der Waals surface area contributed by atoms with Crippen LogP contribution in [0.15, 0.2) is 16.8 Å². The summed E-state index contributed by atoms with van der Waals surface area (Å²) in [6, 6.07) is 1.75. The summed E-state index contributed by atoms with van der Waals surface area (Å²) in [4.78, 5) is 0. The maximum absolute atomic E-state index is 5.42. The van der Waals surface area contributed by atoms with Gasteiger partial charge in [-0.25, -0.2) is 0 Å². The summed E-state index contributed by atoms with van der Waals surface area (Å²) in [7, 11) is 0. The van der Waals surface area contributed by atoms with Crippen molar-refractivity contribution in [3.05, 3.63) is 24.9 Å². The van der Waals surface area contributed by atoms with Crippen molar-refractivity contribution in [2.45, 2.75) is 12.8 Å². The number of hydrogen-bond donors (Lipinski definition) is 0. The molecule has 8 heavy (non-hydrogen) atoms. The third-order valence-corrected chi connectivity index (χ3v) is 0.907. The minimum atomic E-state index is -0.0440. The fourth-order valence-corrected chi connectivity index (χ4v) is 0.461. The number of aromatic nitrogens is 1. The molecule has 0 bridgehead atoms. The van der Waals surface area contributed by atoms with Gasteiger partial charge in [-0.2, -0.15) is 0 Å². The maximum atomic E-state index is 5.42. The van der Waals surface area contributed by atoms with Crippen molar-refractivity contribution in [2.24, 2.45) is 0 Å². The molecule has 1 rings (SSSR count). The molecule has 0 amide bonds. The van der Waals surface area contributed by atoms with Crippen LogP contribution in [0, 0.1) is 6.92 Å². The van der Waals surface area contributed by atoms with E-state index in [0.717, 1.165) is 5.76 Å². The maximum Gasteiger partial charge on any atom is 0.139 e. The molecule has 0 fully saturated rings. The highest BCUT2D eigenvalue weighted by Gasteiger charge is 2.00. The first kappa shape index (κ1) is 5.35. The monoisotopic (exact) mass is 109 g/mol. The molecule has 0 aliphatic rings. The van der Waals surface area contributed by atoms with Crippen molar-refractivity contribution in [3.63, 3.8) is 0 Å². The van der Waals surface area contributed by atoms with E-state index in [0.29, 0.717) is 0 Å². The van der Waals surface area contributed by atoms with Gasteiger partial charge < -0.3 is 4.52 Å². The van der Waals surface area contributed by atoms with E-state index in [2.05, 4.69) is 5.16 Å². The number of rotatable bonds is 1. The third-order valence-electron chi connectivity index (χ3n) is 0.907. The van der Waals surface area contributed by atoms with E-state index in [9.17, 15) is 0 Å². The Bertz CT molecular complexity index is 144. The molecule has 1 unspecified atom stereocenters. The first-order valence-electron chi connectivity index (χ1n) is 2.47. The van der Waals surface area contributed by atoms with Gasteiger partial charge in [0, 0.05) is 12.0 Å². The zero-order chi connectivity index (χ0) is 5.98. The number of hydrogen-bond acceptors (Lipinski definition) is 2. The normalized spacial score (nSPS) is 10.4. The summed E-state index contributed by atoms with van der Waals surface area (Å²) in [5.74, 6) is 0.683. The summed E-state index contributed by atoms with van der Waals surface area (Å²) < 4.78 is 4.72. The van der Waals surface area contributed by atoms with Crippen LogP contribution in [0.4, 0.5) is 0 Å². The predicted octanol–water partition coefficient (Wildman–Crippen LogP) is 1.49. The molecule has 2 nitrogen and oxygen atoms in total. The van der Waals surface area contributed by atoms with E-state index in [4.69, 9.17) is 11.4 Å². The Kier molecular flexibility index (Phi) is 1.33. The van der Waals surface area contributed by atoms with Gasteiger partial charge in [-0.05, 0) is 6.92 Å². The molecule has 0 N–H and O–H groups in total. The zero-order valence-corrected chi connectivity index (χ0v) is 4.66. The van der Waals surface area contributed by atoms with Gasteiger partial charge >= 0.3 is 0 Å². The van der Waals surface area contributed by atoms with Gasteiger partial charge in [0.15, 0.2) is 0 Å². The Morgan fingerprint density at radius 3 is 2.88 bits per heavy atom. The summed E-state index contributed by atoms with van der Waals surface area (Å²) in [5.41, 5.74) is 0. The fraction of sp³-hybridized carbons (Fsp3) is 0.333. The summed E-state index contributed by atoms with van der Waals surface area (Å²) in [6.45, 7) is 7.27. The van der Waals surface area contributed by atoms with E-state index >= 15 is 0 Å². The SMILES string of the molecule is [CH]C(C)c1ccno1. The van der Waals surface area contributed by atoms with E-state index in [1.807, 2.05) is 6.92 Å². The minimum Gasteiger partial charge on any atom is -0.361 e. The van der Waals surface area contributed by atoms with E-state index in [1.165, 1.54) is 0 Å². The molecule has 1 aromatic rings. The molecule has 0 spiro atoms. The number of nitrogens with zero attached hydrogens (tertiary/aromatic N) is 1. The highest BCUT2D eigenvalue weighted by atomic mass is 16.5. The molecule has 2 heteroatoms. The largest absolute Gasteiger partial charge is 0.361 e. The molecule has 0 saturated heterocycles. The van der Waals surface area contributed by atoms with Crippen molar-refractivity contribution in [1.29, 1.82) is 0 Å². The minimum absolute atomic E-state index is 0.0440. The van der Waals surface area contributed by atoms with Gasteiger partial charge in [-0.15, -0.1) is 0 Å². The molecule has 42 valence electrons. The van der Waals surface area contributed by atoms with E-state index in [-0.39, 0.29) is 5.92 Å². The van der Waals surface area contributed by atoms with Crippen LogP contribution in [0.3, 0.4) is 0 Å². The van der Waals surface area contributed by atoms with Crippen molar-refractivity contribution in [2.75, 3.05) is 0 Å². The van der Waals surface area contributed by atoms with Gasteiger partial charge in [-0.1, -0.05) is 12.1 Å². The van der Waals surface area contributed by atoms with Crippen molar-refractivity contribution in [3.8, 4) is 0 Å². The molecule has 1 heterocycles. The van der Waals surface area contributed by atoms with E-state index < -0.39 is 0 Å². The lowest BCUT2D eigenvalue weighted by Gasteiger charge is -1.92. The van der Waals surface area contributed by atoms with E-state index in [1.54, 1.807) is 12.3 Å². The van der Waals surface area contributed by atoms with Gasteiger partial charge in [0.25, 0.3) is 0 Å². The first-order chi connectivity index (χ1) is 3.80. The first-order valence-corrected chi connectivity index (χ1v) is 2.47.